The van der Waals surface area contributed by atoms with Crippen LogP contribution in [-0.4, -0.2) is 35.3 Å². The van der Waals surface area contributed by atoms with E-state index in [1.165, 1.54) is 0 Å². The molecule has 0 N–H and O–H groups in total. The second kappa shape index (κ2) is 10.1. The van der Waals surface area contributed by atoms with Gasteiger partial charge in [-0.05, 0) is 38.4 Å². The molecule has 1 aromatic rings. The summed E-state index contributed by atoms with van der Waals surface area (Å²) in [4.78, 5) is 11.3. The lowest BCUT2D eigenvalue weighted by molar-refractivity contribution is -0.138. The number of para-hydroxylation sites is 1. The average molecular weight is 320 g/mol. The van der Waals surface area contributed by atoms with Gasteiger partial charge < -0.3 is 14.2 Å². The van der Waals surface area contributed by atoms with Gasteiger partial charge in [-0.1, -0.05) is 24.8 Å². The minimum absolute atomic E-state index is 0.323. The first-order valence-electron chi connectivity index (χ1n) is 7.55. The zero-order valence-corrected chi connectivity index (χ0v) is 14.6. The molecular formula is C17H24O4Si. The molecule has 0 bridgehead atoms. The summed E-state index contributed by atoms with van der Waals surface area (Å²) in [5.74, 6) is 1.31. The Morgan fingerprint density at radius 1 is 1.23 bits per heavy atom. The first-order chi connectivity index (χ1) is 10.6. The molecule has 0 aliphatic heterocycles. The van der Waals surface area contributed by atoms with E-state index in [9.17, 15) is 4.79 Å². The van der Waals surface area contributed by atoms with E-state index in [-0.39, 0.29) is 5.97 Å². The molecule has 0 unspecified atom stereocenters. The van der Waals surface area contributed by atoms with Crippen LogP contribution in [0.5, 0.6) is 11.5 Å². The Morgan fingerprint density at radius 2 is 1.95 bits per heavy atom. The van der Waals surface area contributed by atoms with E-state index < -0.39 is 0 Å². The SMILES string of the molecule is C=C(C)C(=O)OCCC[Si]c1cccc(OCC)c1OCC. The van der Waals surface area contributed by atoms with Crippen LogP contribution in [0.2, 0.25) is 6.04 Å². The van der Waals surface area contributed by atoms with E-state index in [1.807, 2.05) is 26.0 Å². The Hall–Kier alpha value is -1.75. The highest BCUT2D eigenvalue weighted by Gasteiger charge is 2.11. The second-order valence-electron chi connectivity index (χ2n) is 4.70. The Labute approximate surface area is 135 Å². The van der Waals surface area contributed by atoms with Gasteiger partial charge in [-0.2, -0.15) is 0 Å². The number of benzene rings is 1. The van der Waals surface area contributed by atoms with Crippen molar-refractivity contribution in [2.75, 3.05) is 19.8 Å². The van der Waals surface area contributed by atoms with Crippen molar-refractivity contribution in [2.24, 2.45) is 0 Å². The Bertz CT molecular complexity index is 499. The summed E-state index contributed by atoms with van der Waals surface area (Å²) in [7, 11) is 0.593. The maximum absolute atomic E-state index is 11.3. The summed E-state index contributed by atoms with van der Waals surface area (Å²) in [6.07, 6.45) is 0.821. The summed E-state index contributed by atoms with van der Waals surface area (Å²) in [5.41, 5.74) is 0.436. The number of ether oxygens (including phenoxy) is 3. The van der Waals surface area contributed by atoms with Crippen LogP contribution in [0, 0.1) is 0 Å². The Morgan fingerprint density at radius 3 is 2.59 bits per heavy atom. The third-order valence-corrected chi connectivity index (χ3v) is 4.16. The van der Waals surface area contributed by atoms with Crippen molar-refractivity contribution in [3.63, 3.8) is 0 Å². The topological polar surface area (TPSA) is 44.8 Å². The van der Waals surface area contributed by atoms with Crippen molar-refractivity contribution in [1.29, 1.82) is 0 Å². The quantitative estimate of drug-likeness (QED) is 0.288. The number of hydrogen-bond acceptors (Lipinski definition) is 4. The smallest absolute Gasteiger partial charge is 0.333 e. The monoisotopic (exact) mass is 320 g/mol. The molecular weight excluding hydrogens is 296 g/mol. The van der Waals surface area contributed by atoms with Gasteiger partial charge in [0.2, 0.25) is 0 Å². The highest BCUT2D eigenvalue weighted by molar-refractivity contribution is 6.54. The van der Waals surface area contributed by atoms with Crippen molar-refractivity contribution >= 4 is 20.7 Å². The molecule has 0 aliphatic rings. The molecule has 0 amide bonds. The van der Waals surface area contributed by atoms with Gasteiger partial charge in [-0.15, -0.1) is 0 Å². The molecule has 0 saturated heterocycles. The van der Waals surface area contributed by atoms with Crippen LogP contribution in [-0.2, 0) is 9.53 Å². The van der Waals surface area contributed by atoms with Gasteiger partial charge in [0.15, 0.2) is 11.5 Å². The molecule has 0 aliphatic carbocycles. The lowest BCUT2D eigenvalue weighted by atomic mass is 10.3. The number of esters is 1. The van der Waals surface area contributed by atoms with Gasteiger partial charge in [0, 0.05) is 5.57 Å². The zero-order chi connectivity index (χ0) is 16.4. The predicted octanol–water partition coefficient (Wildman–Crippen LogP) is 2.74. The van der Waals surface area contributed by atoms with Gasteiger partial charge >= 0.3 is 5.97 Å². The molecule has 2 radical (unpaired) electrons. The molecule has 0 atom stereocenters. The first-order valence-corrected chi connectivity index (χ1v) is 8.75. The largest absolute Gasteiger partial charge is 0.490 e. The summed E-state index contributed by atoms with van der Waals surface area (Å²) in [6, 6.07) is 6.92. The first kappa shape index (κ1) is 18.3. The highest BCUT2D eigenvalue weighted by Crippen LogP contribution is 2.24. The molecule has 120 valence electrons. The van der Waals surface area contributed by atoms with Crippen molar-refractivity contribution in [2.45, 2.75) is 33.2 Å². The van der Waals surface area contributed by atoms with Crippen molar-refractivity contribution in [1.82, 2.24) is 0 Å². The van der Waals surface area contributed by atoms with Crippen LogP contribution in [0.1, 0.15) is 27.2 Å². The third kappa shape index (κ3) is 5.93. The van der Waals surface area contributed by atoms with Gasteiger partial charge in [-0.25, -0.2) is 4.79 Å². The van der Waals surface area contributed by atoms with Crippen LogP contribution in [0.4, 0.5) is 0 Å². The van der Waals surface area contributed by atoms with Crippen molar-refractivity contribution in [3.8, 4) is 11.5 Å². The normalized spacial score (nSPS) is 10.1. The summed E-state index contributed by atoms with van der Waals surface area (Å²) < 4.78 is 16.4. The molecule has 1 aromatic carbocycles. The zero-order valence-electron chi connectivity index (χ0n) is 13.6. The second-order valence-corrected chi connectivity index (χ2v) is 6.09. The molecule has 0 heterocycles. The van der Waals surface area contributed by atoms with Crippen LogP contribution in [0.25, 0.3) is 0 Å². The molecule has 0 saturated carbocycles. The summed E-state index contributed by atoms with van der Waals surface area (Å²) >= 11 is 0. The van der Waals surface area contributed by atoms with Gasteiger partial charge in [-0.3, -0.25) is 0 Å². The van der Waals surface area contributed by atoms with Crippen molar-refractivity contribution in [3.05, 3.63) is 30.4 Å². The van der Waals surface area contributed by atoms with E-state index in [2.05, 4.69) is 12.6 Å². The predicted molar refractivity (Wildman–Crippen MR) is 89.4 cm³/mol. The fraction of sp³-hybridized carbons (Fsp3) is 0.471. The molecule has 0 fully saturated rings. The van der Waals surface area contributed by atoms with Crippen molar-refractivity contribution < 1.29 is 19.0 Å². The van der Waals surface area contributed by atoms with E-state index in [0.29, 0.717) is 34.9 Å². The van der Waals surface area contributed by atoms with Gasteiger partial charge in [0.1, 0.15) is 0 Å². The van der Waals surface area contributed by atoms with Crippen LogP contribution in [0.15, 0.2) is 30.4 Å². The van der Waals surface area contributed by atoms with Gasteiger partial charge in [0.25, 0.3) is 0 Å². The maximum Gasteiger partial charge on any atom is 0.333 e. The lowest BCUT2D eigenvalue weighted by Gasteiger charge is -2.14. The Balaban J connectivity index is 2.52. The summed E-state index contributed by atoms with van der Waals surface area (Å²) in [6.45, 7) is 10.8. The lowest BCUT2D eigenvalue weighted by Crippen LogP contribution is -2.19. The van der Waals surface area contributed by atoms with E-state index in [0.717, 1.165) is 29.2 Å². The third-order valence-electron chi connectivity index (χ3n) is 2.79. The van der Waals surface area contributed by atoms with E-state index >= 15 is 0 Å². The number of rotatable bonds is 10. The molecule has 0 spiro atoms. The number of hydrogen-bond donors (Lipinski definition) is 0. The minimum atomic E-state index is -0.323. The molecule has 5 heteroatoms. The average Bonchev–Trinajstić information content (AvgIpc) is 2.49. The number of carbonyl (C=O) groups excluding carboxylic acids is 1. The minimum Gasteiger partial charge on any atom is -0.490 e. The van der Waals surface area contributed by atoms with E-state index in [4.69, 9.17) is 14.2 Å². The molecule has 4 nitrogen and oxygen atoms in total. The fourth-order valence-corrected chi connectivity index (χ4v) is 2.96. The number of carbonyl (C=O) groups is 1. The standard InChI is InChI=1S/C17H24O4Si/c1-5-19-14-9-7-10-15(16(14)20-6-2)22-12-8-11-21-17(18)13(3)4/h7,9-10H,3,5-6,8,11-12H2,1-2,4H3. The maximum atomic E-state index is 11.3. The molecule has 1 rings (SSSR count). The van der Waals surface area contributed by atoms with Gasteiger partial charge in [0.05, 0.1) is 29.3 Å². The van der Waals surface area contributed by atoms with Crippen LogP contribution < -0.4 is 14.7 Å². The van der Waals surface area contributed by atoms with Crippen LogP contribution in [0.3, 0.4) is 0 Å². The van der Waals surface area contributed by atoms with Crippen LogP contribution >= 0.6 is 0 Å². The summed E-state index contributed by atoms with van der Waals surface area (Å²) in [5, 5.41) is 1.15. The fourth-order valence-electron chi connectivity index (χ4n) is 1.80. The molecule has 0 aromatic heterocycles. The highest BCUT2D eigenvalue weighted by atomic mass is 28.2. The Kier molecular flexibility index (Phi) is 8.36. The molecule has 22 heavy (non-hydrogen) atoms. The van der Waals surface area contributed by atoms with E-state index in [1.54, 1.807) is 6.92 Å².